The summed E-state index contributed by atoms with van der Waals surface area (Å²) in [5.74, 6) is 0. The predicted molar refractivity (Wildman–Crippen MR) is 77.6 cm³/mol. The van der Waals surface area contributed by atoms with Gasteiger partial charge in [0, 0.05) is 10.3 Å². The number of fused-ring (bicyclic) bond motifs is 1. The van der Waals surface area contributed by atoms with Crippen LogP contribution in [0.4, 0.5) is 5.13 Å². The number of sulfonamides is 1. The molecule has 2 aromatic heterocycles. The Hall–Kier alpha value is -1.34. The van der Waals surface area contributed by atoms with Crippen LogP contribution in [-0.2, 0) is 21.9 Å². The maximum atomic E-state index is 12.1. The van der Waals surface area contributed by atoms with E-state index in [2.05, 4.69) is 23.6 Å². The van der Waals surface area contributed by atoms with E-state index in [0.29, 0.717) is 5.13 Å². The van der Waals surface area contributed by atoms with Crippen molar-refractivity contribution in [1.82, 2.24) is 4.98 Å². The van der Waals surface area contributed by atoms with E-state index in [1.54, 1.807) is 0 Å². The minimum Gasteiger partial charge on any atom is -0.471 e. The topological polar surface area (TPSA) is 72.2 Å². The molecule has 0 aliphatic heterocycles. The highest BCUT2D eigenvalue weighted by molar-refractivity contribution is 7.93. The molecule has 1 N–H and O–H groups in total. The van der Waals surface area contributed by atoms with E-state index in [1.165, 1.54) is 34.8 Å². The summed E-state index contributed by atoms with van der Waals surface area (Å²) in [4.78, 5) is 5.80. The Labute approximate surface area is 122 Å². The largest absolute Gasteiger partial charge is 0.471 e. The summed E-state index contributed by atoms with van der Waals surface area (Å²) >= 11 is 1.43. The molecule has 108 valence electrons. The summed E-state index contributed by atoms with van der Waals surface area (Å²) < 4.78 is 31.6. The molecule has 0 radical (unpaired) electrons. The molecule has 0 fully saturated rings. The summed E-state index contributed by atoms with van der Waals surface area (Å²) in [7, 11) is -3.60. The Balaban J connectivity index is 1.92. The molecule has 0 aromatic carbocycles. The highest BCUT2D eigenvalue weighted by atomic mass is 32.2. The molecule has 0 unspecified atom stereocenters. The van der Waals surface area contributed by atoms with E-state index in [4.69, 9.17) is 4.42 Å². The Morgan fingerprint density at radius 3 is 2.90 bits per heavy atom. The van der Waals surface area contributed by atoms with E-state index in [1.807, 2.05) is 0 Å². The first kappa shape index (κ1) is 13.6. The zero-order valence-corrected chi connectivity index (χ0v) is 13.0. The fourth-order valence-corrected chi connectivity index (χ4v) is 4.82. The van der Waals surface area contributed by atoms with Crippen LogP contribution in [0.1, 0.15) is 37.3 Å². The van der Waals surface area contributed by atoms with E-state index < -0.39 is 10.0 Å². The molecule has 0 amide bonds. The summed E-state index contributed by atoms with van der Waals surface area (Å²) in [6, 6.07) is 1.42. The molecule has 1 aliphatic rings. The number of rotatable bonds is 3. The molecule has 2 aromatic rings. The van der Waals surface area contributed by atoms with Crippen LogP contribution in [0.2, 0.25) is 0 Å². The first-order chi connectivity index (χ1) is 9.38. The van der Waals surface area contributed by atoms with Gasteiger partial charge < -0.3 is 4.42 Å². The Morgan fingerprint density at radius 2 is 2.25 bits per heavy atom. The number of hydrogen-bond donors (Lipinski definition) is 1. The van der Waals surface area contributed by atoms with Crippen LogP contribution in [0, 0.1) is 0 Å². The van der Waals surface area contributed by atoms with Gasteiger partial charge in [-0.1, -0.05) is 13.8 Å². The van der Waals surface area contributed by atoms with E-state index in [9.17, 15) is 8.42 Å². The highest BCUT2D eigenvalue weighted by Gasteiger charge is 2.32. The van der Waals surface area contributed by atoms with Crippen molar-refractivity contribution in [2.75, 3.05) is 4.72 Å². The van der Waals surface area contributed by atoms with Crippen LogP contribution < -0.4 is 4.72 Å². The van der Waals surface area contributed by atoms with Gasteiger partial charge in [0.05, 0.1) is 12.0 Å². The summed E-state index contributed by atoms with van der Waals surface area (Å²) in [5, 5.41) is 0.436. The van der Waals surface area contributed by atoms with Crippen LogP contribution in [0.5, 0.6) is 0 Å². The lowest BCUT2D eigenvalue weighted by Gasteiger charge is -2.27. The number of aryl methyl sites for hydroxylation is 1. The predicted octanol–water partition coefficient (Wildman–Crippen LogP) is 3.15. The number of hydrogen-bond acceptors (Lipinski definition) is 5. The summed E-state index contributed by atoms with van der Waals surface area (Å²) in [6.07, 6.45) is 5.72. The number of thiazole rings is 1. The molecule has 20 heavy (non-hydrogen) atoms. The molecule has 0 atom stereocenters. The maximum absolute atomic E-state index is 12.1. The number of aromatic nitrogens is 1. The number of anilines is 1. The fraction of sp³-hybridized carbons (Fsp3) is 0.462. The molecule has 3 rings (SSSR count). The molecule has 5 nitrogen and oxygen atoms in total. The quantitative estimate of drug-likeness (QED) is 0.945. The SMILES string of the molecule is CC1(C)CCCc2sc(NS(=O)(=O)c3ccoc3)nc21. The maximum Gasteiger partial charge on any atom is 0.266 e. The van der Waals surface area contributed by atoms with E-state index in [0.717, 1.165) is 25.0 Å². The van der Waals surface area contributed by atoms with E-state index >= 15 is 0 Å². The third kappa shape index (κ3) is 2.35. The zero-order valence-electron chi connectivity index (χ0n) is 11.3. The van der Waals surface area contributed by atoms with Crippen molar-refractivity contribution in [3.63, 3.8) is 0 Å². The number of nitrogens with one attached hydrogen (secondary N) is 1. The van der Waals surface area contributed by atoms with Gasteiger partial charge >= 0.3 is 0 Å². The van der Waals surface area contributed by atoms with Gasteiger partial charge in [0.2, 0.25) is 0 Å². The second kappa shape index (κ2) is 4.60. The first-order valence-corrected chi connectivity index (χ1v) is 8.74. The molecule has 2 heterocycles. The minimum absolute atomic E-state index is 0.0173. The van der Waals surface area contributed by atoms with Crippen molar-refractivity contribution >= 4 is 26.5 Å². The van der Waals surface area contributed by atoms with Crippen molar-refractivity contribution in [3.8, 4) is 0 Å². The van der Waals surface area contributed by atoms with Crippen molar-refractivity contribution in [2.24, 2.45) is 0 Å². The standard InChI is InChI=1S/C13H16N2O3S2/c1-13(2)6-3-4-10-11(13)14-12(19-10)15-20(16,17)9-5-7-18-8-9/h5,7-8H,3-4,6H2,1-2H3,(H,14,15). The molecule has 0 bridgehead atoms. The second-order valence-corrected chi connectivity index (χ2v) is 8.36. The lowest BCUT2D eigenvalue weighted by atomic mass is 9.79. The Kier molecular flexibility index (Phi) is 3.13. The average Bonchev–Trinajstić information content (AvgIpc) is 2.96. The Morgan fingerprint density at radius 1 is 1.45 bits per heavy atom. The van der Waals surface area contributed by atoms with Crippen LogP contribution in [-0.4, -0.2) is 13.4 Å². The van der Waals surface area contributed by atoms with E-state index in [-0.39, 0.29) is 10.3 Å². The van der Waals surface area contributed by atoms with Crippen molar-refractivity contribution in [2.45, 2.75) is 43.4 Å². The van der Waals surface area contributed by atoms with Crippen molar-refractivity contribution < 1.29 is 12.8 Å². The first-order valence-electron chi connectivity index (χ1n) is 6.44. The number of nitrogens with zero attached hydrogens (tertiary/aromatic N) is 1. The van der Waals surface area contributed by atoms with Crippen molar-refractivity contribution in [3.05, 3.63) is 29.2 Å². The third-order valence-corrected chi connectivity index (χ3v) is 6.05. The monoisotopic (exact) mass is 312 g/mol. The van der Waals surface area contributed by atoms with Gasteiger partial charge in [-0.15, -0.1) is 11.3 Å². The second-order valence-electron chi connectivity index (χ2n) is 5.59. The Bertz CT molecular complexity index is 715. The third-order valence-electron chi connectivity index (χ3n) is 3.57. The number of furan rings is 1. The van der Waals surface area contributed by atoms with Gasteiger partial charge in [0.15, 0.2) is 5.13 Å². The van der Waals surface area contributed by atoms with Gasteiger partial charge in [-0.05, 0) is 25.3 Å². The lowest BCUT2D eigenvalue weighted by Crippen LogP contribution is -2.23. The van der Waals surface area contributed by atoms with Gasteiger partial charge in [0.1, 0.15) is 11.2 Å². The van der Waals surface area contributed by atoms with Gasteiger partial charge in [-0.25, -0.2) is 13.4 Å². The van der Waals surface area contributed by atoms with Gasteiger partial charge in [-0.3, -0.25) is 4.72 Å². The molecule has 7 heteroatoms. The molecule has 0 saturated heterocycles. The highest BCUT2D eigenvalue weighted by Crippen LogP contribution is 2.40. The molecule has 1 aliphatic carbocycles. The molecular formula is C13H16N2O3S2. The molecule has 0 saturated carbocycles. The van der Waals surface area contributed by atoms with Crippen LogP contribution >= 0.6 is 11.3 Å². The van der Waals surface area contributed by atoms with Crippen LogP contribution in [0.15, 0.2) is 27.9 Å². The molecule has 0 spiro atoms. The van der Waals surface area contributed by atoms with Crippen LogP contribution in [0.3, 0.4) is 0 Å². The lowest BCUT2D eigenvalue weighted by molar-refractivity contribution is 0.424. The summed E-state index contributed by atoms with van der Waals surface area (Å²) in [6.45, 7) is 4.30. The minimum atomic E-state index is -3.60. The zero-order chi connectivity index (χ0) is 14.4. The smallest absolute Gasteiger partial charge is 0.266 e. The fourth-order valence-electron chi connectivity index (χ4n) is 2.48. The van der Waals surface area contributed by atoms with Crippen LogP contribution in [0.25, 0.3) is 0 Å². The van der Waals surface area contributed by atoms with Gasteiger partial charge in [-0.2, -0.15) is 0 Å². The normalized spacial score (nSPS) is 17.7. The van der Waals surface area contributed by atoms with Crippen molar-refractivity contribution in [1.29, 1.82) is 0 Å². The summed E-state index contributed by atoms with van der Waals surface area (Å²) in [5.41, 5.74) is 1.04. The average molecular weight is 312 g/mol. The molecular weight excluding hydrogens is 296 g/mol. The van der Waals surface area contributed by atoms with Gasteiger partial charge in [0.25, 0.3) is 10.0 Å².